The number of hydrogen-bond donors (Lipinski definition) is 0. The normalized spacial score (nSPS) is 7.62. The van der Waals surface area contributed by atoms with Crippen LogP contribution in [0.2, 0.25) is 0 Å². The van der Waals surface area contributed by atoms with Gasteiger partial charge in [-0.2, -0.15) is 0 Å². The van der Waals surface area contributed by atoms with E-state index < -0.39 is 6.16 Å². The van der Waals surface area contributed by atoms with E-state index in [1.807, 2.05) is 0 Å². The van der Waals surface area contributed by atoms with Crippen molar-refractivity contribution in [2.45, 2.75) is 0 Å². The van der Waals surface area contributed by atoms with Crippen LogP contribution in [0.3, 0.4) is 0 Å². The molecule has 44 valence electrons. The van der Waals surface area contributed by atoms with E-state index in [1.54, 1.807) is 0 Å². The van der Waals surface area contributed by atoms with Crippen LogP contribution in [-0.4, -0.2) is 24.7 Å². The molecule has 8 heavy (non-hydrogen) atoms. The van der Waals surface area contributed by atoms with Gasteiger partial charge in [0.2, 0.25) is 0 Å². The summed E-state index contributed by atoms with van der Waals surface area (Å²) in [6, 6.07) is 0. The van der Waals surface area contributed by atoms with Crippen molar-refractivity contribution in [3.05, 3.63) is 0 Å². The highest BCUT2D eigenvalue weighted by molar-refractivity contribution is 5.65. The van der Waals surface area contributed by atoms with E-state index in [4.69, 9.17) is 6.42 Å². The molecule has 0 heterocycles. The summed E-state index contributed by atoms with van der Waals surface area (Å²) >= 11 is 0. The van der Waals surface area contributed by atoms with E-state index in [-0.39, 0.29) is 6.54 Å². The fraction of sp³-hybridized carbons (Fsp3) is 0.400. The largest absolute Gasteiger partial charge is 0.400 e. The van der Waals surface area contributed by atoms with E-state index in [1.165, 1.54) is 7.05 Å². The van der Waals surface area contributed by atoms with Crippen LogP contribution in [0.15, 0.2) is 0 Å². The first-order valence-electron chi connectivity index (χ1n) is 2.02. The van der Waals surface area contributed by atoms with Gasteiger partial charge in [-0.25, -0.2) is 4.79 Å². The Bertz CT molecular complexity index is 127. The lowest BCUT2D eigenvalue weighted by molar-refractivity contribution is 0.191. The second-order valence-corrected chi connectivity index (χ2v) is 1.31. The smallest absolute Gasteiger partial charge is 0.307 e. The molecular weight excluding hydrogens is 109 g/mol. The fourth-order valence-electron chi connectivity index (χ4n) is 0.199. The van der Waals surface area contributed by atoms with Gasteiger partial charge in [-0.3, -0.25) is 0 Å². The van der Waals surface area contributed by atoms with Crippen molar-refractivity contribution in [2.24, 2.45) is 0 Å². The molecule has 0 unspecified atom stereocenters. The molecule has 2 nitrogen and oxygen atoms in total. The summed E-state index contributed by atoms with van der Waals surface area (Å²) in [5.74, 6) is 2.11. The van der Waals surface area contributed by atoms with Crippen LogP contribution in [0.5, 0.6) is 0 Å². The highest BCUT2D eigenvalue weighted by atomic mass is 19.1. The average Bonchev–Trinajstić information content (AvgIpc) is 1.67. The molecule has 1 amide bonds. The predicted molar refractivity (Wildman–Crippen MR) is 28.0 cm³/mol. The second kappa shape index (κ2) is 3.03. The molecule has 0 rings (SSSR count). The Labute approximate surface area is 47.3 Å². The molecule has 0 aromatic heterocycles. The van der Waals surface area contributed by atoms with Crippen LogP contribution in [0.1, 0.15) is 0 Å². The van der Waals surface area contributed by atoms with Gasteiger partial charge in [-0.15, -0.1) is 10.8 Å². The minimum absolute atomic E-state index is 0.0231. The van der Waals surface area contributed by atoms with Crippen molar-refractivity contribution in [3.63, 3.8) is 0 Å². The van der Waals surface area contributed by atoms with Gasteiger partial charge in [0.25, 0.3) is 0 Å². The number of carbonyl (C=O) groups excluding carboxylic acids is 1. The van der Waals surface area contributed by atoms with Gasteiger partial charge in [0.15, 0.2) is 0 Å². The maximum absolute atomic E-state index is 11.5. The number of carbonyl (C=O) groups is 1. The van der Waals surface area contributed by atoms with Crippen molar-refractivity contribution < 1.29 is 9.18 Å². The molecule has 0 atom stereocenters. The molecule has 0 aliphatic carbocycles. The van der Waals surface area contributed by atoms with Gasteiger partial charge in [0, 0.05) is 7.05 Å². The molecular formula is C5H6FNO. The van der Waals surface area contributed by atoms with Gasteiger partial charge in [0.1, 0.15) is 0 Å². The Morgan fingerprint density at radius 2 is 2.50 bits per heavy atom. The lowest BCUT2D eigenvalue weighted by atomic mass is 10.6. The molecule has 0 aromatic rings. The number of nitrogens with zero attached hydrogens (tertiary/aromatic N) is 1. The first-order valence-corrected chi connectivity index (χ1v) is 2.02. The van der Waals surface area contributed by atoms with Gasteiger partial charge in [-0.1, -0.05) is 5.92 Å². The molecule has 0 aliphatic heterocycles. The van der Waals surface area contributed by atoms with Crippen LogP contribution in [0.4, 0.5) is 9.18 Å². The van der Waals surface area contributed by atoms with E-state index in [9.17, 15) is 9.18 Å². The number of halogens is 1. The summed E-state index contributed by atoms with van der Waals surface area (Å²) in [5.41, 5.74) is 0. The SMILES string of the molecule is C#CCN(C)C(=O)F. The summed E-state index contributed by atoms with van der Waals surface area (Å²) in [4.78, 5) is 10.5. The molecule has 0 spiro atoms. The van der Waals surface area contributed by atoms with Gasteiger partial charge < -0.3 is 4.90 Å². The predicted octanol–water partition coefficient (Wildman–Crippen LogP) is 0.641. The summed E-state index contributed by atoms with van der Waals surface area (Å²) < 4.78 is 11.5. The maximum atomic E-state index is 11.5. The van der Waals surface area contributed by atoms with Crippen molar-refractivity contribution in [1.82, 2.24) is 4.90 Å². The number of rotatable bonds is 1. The highest BCUT2D eigenvalue weighted by Crippen LogP contribution is 1.84. The number of hydrogen-bond acceptors (Lipinski definition) is 1. The third-order valence-corrected chi connectivity index (χ3v) is 0.629. The molecule has 0 saturated heterocycles. The minimum atomic E-state index is -1.50. The molecule has 3 heteroatoms. The quantitative estimate of drug-likeness (QED) is 0.279. The van der Waals surface area contributed by atoms with Crippen LogP contribution >= 0.6 is 0 Å². The van der Waals surface area contributed by atoms with Gasteiger partial charge in [-0.05, 0) is 0 Å². The number of amides is 1. The van der Waals surface area contributed by atoms with Crippen molar-refractivity contribution >= 4 is 6.16 Å². The van der Waals surface area contributed by atoms with Crippen molar-refractivity contribution in [3.8, 4) is 12.3 Å². The Balaban J connectivity index is 3.52. The van der Waals surface area contributed by atoms with Crippen LogP contribution in [-0.2, 0) is 0 Å². The zero-order chi connectivity index (χ0) is 6.57. The average molecular weight is 115 g/mol. The van der Waals surface area contributed by atoms with Crippen molar-refractivity contribution in [2.75, 3.05) is 13.6 Å². The first kappa shape index (κ1) is 6.96. The third kappa shape index (κ3) is 2.19. The van der Waals surface area contributed by atoms with Crippen LogP contribution in [0.25, 0.3) is 0 Å². The Kier molecular flexibility index (Phi) is 2.63. The first-order chi connectivity index (χ1) is 3.68. The summed E-state index contributed by atoms with van der Waals surface area (Å²) in [6.07, 6.45) is 3.26. The standard InChI is InChI=1S/C5H6FNO/c1-3-4-7(2)5(6)8/h1H,4H2,2H3. The molecule has 0 N–H and O–H groups in total. The summed E-state index contributed by atoms with van der Waals surface area (Å²) in [6.45, 7) is 0.0231. The molecule has 0 bridgehead atoms. The van der Waals surface area contributed by atoms with Gasteiger partial charge >= 0.3 is 6.16 Å². The molecule has 0 saturated carbocycles. The second-order valence-electron chi connectivity index (χ2n) is 1.31. The van der Waals surface area contributed by atoms with Gasteiger partial charge in [0.05, 0.1) is 6.54 Å². The minimum Gasteiger partial charge on any atom is -0.307 e. The summed E-state index contributed by atoms with van der Waals surface area (Å²) in [5, 5.41) is 0. The number of terminal acetylenes is 1. The molecule has 0 fully saturated rings. The Hall–Kier alpha value is -1.04. The van der Waals surface area contributed by atoms with E-state index in [0.29, 0.717) is 0 Å². The fourth-order valence-corrected chi connectivity index (χ4v) is 0.199. The molecule has 0 radical (unpaired) electrons. The lowest BCUT2D eigenvalue weighted by Crippen LogP contribution is -2.21. The summed E-state index contributed by atoms with van der Waals surface area (Å²) in [7, 11) is 1.29. The zero-order valence-corrected chi connectivity index (χ0v) is 4.52. The Morgan fingerprint density at radius 1 is 2.00 bits per heavy atom. The molecule has 0 aliphatic rings. The zero-order valence-electron chi connectivity index (χ0n) is 4.52. The Morgan fingerprint density at radius 3 is 2.62 bits per heavy atom. The van der Waals surface area contributed by atoms with E-state index in [2.05, 4.69) is 5.92 Å². The maximum Gasteiger partial charge on any atom is 0.400 e. The van der Waals surface area contributed by atoms with Crippen molar-refractivity contribution in [1.29, 1.82) is 0 Å². The van der Waals surface area contributed by atoms with Crippen LogP contribution in [0, 0.1) is 12.3 Å². The topological polar surface area (TPSA) is 20.3 Å². The molecule has 0 aromatic carbocycles. The monoisotopic (exact) mass is 115 g/mol. The van der Waals surface area contributed by atoms with E-state index in [0.717, 1.165) is 4.90 Å². The van der Waals surface area contributed by atoms with Crippen LogP contribution < -0.4 is 0 Å². The highest BCUT2D eigenvalue weighted by Gasteiger charge is 2.01. The van der Waals surface area contributed by atoms with E-state index >= 15 is 0 Å². The lowest BCUT2D eigenvalue weighted by Gasteiger charge is -2.04. The third-order valence-electron chi connectivity index (χ3n) is 0.629.